The number of carbonyl (C=O) groups excluding carboxylic acids is 3. The maximum atomic E-state index is 12.8. The molecule has 0 aliphatic heterocycles. The second-order valence-electron chi connectivity index (χ2n) is 17.0. The third-order valence-corrected chi connectivity index (χ3v) is 11.0. The Balaban J connectivity index is 4.43. The monoisotopic (exact) mass is 853 g/mol. The van der Waals surface area contributed by atoms with Gasteiger partial charge in [0.1, 0.15) is 13.2 Å². The summed E-state index contributed by atoms with van der Waals surface area (Å²) in [6, 6.07) is 0. The van der Waals surface area contributed by atoms with Crippen molar-refractivity contribution in [2.75, 3.05) is 13.2 Å². The fraction of sp³-hybridized carbons (Fsp3) is 0.764. The lowest BCUT2D eigenvalue weighted by molar-refractivity contribution is -0.167. The second kappa shape index (κ2) is 49.8. The summed E-state index contributed by atoms with van der Waals surface area (Å²) >= 11 is 0. The van der Waals surface area contributed by atoms with Crippen LogP contribution < -0.4 is 0 Å². The van der Waals surface area contributed by atoms with Crippen LogP contribution in [0.4, 0.5) is 0 Å². The highest BCUT2D eigenvalue weighted by molar-refractivity contribution is 5.71. The number of unbranched alkanes of at least 4 members (excludes halogenated alkanes) is 25. The second-order valence-corrected chi connectivity index (χ2v) is 17.0. The molecule has 352 valence electrons. The summed E-state index contributed by atoms with van der Waals surface area (Å²) in [6.07, 6.45) is 60.5. The molecule has 0 N–H and O–H groups in total. The molecule has 0 saturated carbocycles. The molecule has 6 nitrogen and oxygen atoms in total. The first-order valence-electron chi connectivity index (χ1n) is 25.8. The Hall–Kier alpha value is -2.89. The molecule has 0 aliphatic rings. The molecule has 0 amide bonds. The van der Waals surface area contributed by atoms with E-state index < -0.39 is 6.10 Å². The van der Waals surface area contributed by atoms with Gasteiger partial charge in [0.05, 0.1) is 0 Å². The van der Waals surface area contributed by atoms with Crippen molar-refractivity contribution in [1.29, 1.82) is 0 Å². The van der Waals surface area contributed by atoms with Crippen LogP contribution in [0.1, 0.15) is 252 Å². The molecule has 0 aliphatic carbocycles. The van der Waals surface area contributed by atoms with Crippen molar-refractivity contribution in [2.45, 2.75) is 258 Å². The predicted molar refractivity (Wildman–Crippen MR) is 261 cm³/mol. The van der Waals surface area contributed by atoms with Gasteiger partial charge < -0.3 is 14.2 Å². The fourth-order valence-electron chi connectivity index (χ4n) is 7.09. The minimum Gasteiger partial charge on any atom is -0.462 e. The van der Waals surface area contributed by atoms with E-state index in [-0.39, 0.29) is 31.1 Å². The normalized spacial score (nSPS) is 12.5. The number of esters is 3. The molecule has 0 saturated heterocycles. The summed E-state index contributed by atoms with van der Waals surface area (Å²) in [7, 11) is 0. The summed E-state index contributed by atoms with van der Waals surface area (Å²) in [5.74, 6) is -0.918. The topological polar surface area (TPSA) is 78.9 Å². The molecular weight excluding hydrogens is 757 g/mol. The average molecular weight is 853 g/mol. The van der Waals surface area contributed by atoms with E-state index in [1.165, 1.54) is 96.3 Å². The lowest BCUT2D eigenvalue weighted by atomic mass is 10.1. The van der Waals surface area contributed by atoms with Crippen molar-refractivity contribution in [3.63, 3.8) is 0 Å². The Kier molecular flexibility index (Phi) is 47.4. The first kappa shape index (κ1) is 58.1. The Labute approximate surface area is 377 Å². The maximum Gasteiger partial charge on any atom is 0.306 e. The van der Waals surface area contributed by atoms with E-state index >= 15 is 0 Å². The Morgan fingerprint density at radius 2 is 0.639 bits per heavy atom. The first-order chi connectivity index (χ1) is 30.0. The molecule has 0 aromatic carbocycles. The van der Waals surface area contributed by atoms with E-state index in [9.17, 15) is 14.4 Å². The largest absolute Gasteiger partial charge is 0.462 e. The molecule has 6 heteroatoms. The van der Waals surface area contributed by atoms with Gasteiger partial charge in [-0.15, -0.1) is 0 Å². The van der Waals surface area contributed by atoms with E-state index in [1.807, 2.05) is 0 Å². The Morgan fingerprint density at radius 3 is 1.03 bits per heavy atom. The van der Waals surface area contributed by atoms with Crippen LogP contribution in [0.15, 0.2) is 60.8 Å². The van der Waals surface area contributed by atoms with Crippen molar-refractivity contribution in [2.24, 2.45) is 0 Å². The number of ether oxygens (including phenoxy) is 3. The SMILES string of the molecule is CC/C=C\C/C=C\C/C=C\CCCCCCCC(=O)OC[C@@H](COC(=O)CCCCCCC/C=C\CCCCCC)OC(=O)CCCCCCC/C=C\CCCCCCCC. The molecule has 61 heavy (non-hydrogen) atoms. The van der Waals surface area contributed by atoms with Crippen LogP contribution in [-0.2, 0) is 28.6 Å². The standard InChI is InChI=1S/C55H96O6/c1-4-7-10-13-16-19-22-25-27-30-33-36-39-42-45-48-54(57)60-51-52(50-59-53(56)47-44-41-38-35-32-29-24-21-18-15-12-9-6-3)61-55(58)49-46-43-40-37-34-31-28-26-23-20-17-14-11-8-5-2/h7,10,16,19,21,24-28,52H,4-6,8-9,11-15,17-18,20,22-23,29-51H2,1-3H3/b10-7-,19-16-,24-21-,27-25-,28-26-/t52-/m1/s1. The van der Waals surface area contributed by atoms with Crippen molar-refractivity contribution < 1.29 is 28.6 Å². The lowest BCUT2D eigenvalue weighted by Crippen LogP contribution is -2.30. The van der Waals surface area contributed by atoms with E-state index in [0.29, 0.717) is 19.3 Å². The van der Waals surface area contributed by atoms with E-state index in [2.05, 4.69) is 81.5 Å². The molecule has 0 aromatic rings. The van der Waals surface area contributed by atoms with E-state index in [0.717, 1.165) is 116 Å². The molecule has 0 fully saturated rings. The number of carbonyl (C=O) groups is 3. The van der Waals surface area contributed by atoms with Crippen LogP contribution in [-0.4, -0.2) is 37.2 Å². The highest BCUT2D eigenvalue weighted by atomic mass is 16.6. The van der Waals surface area contributed by atoms with Crippen LogP contribution in [0.5, 0.6) is 0 Å². The van der Waals surface area contributed by atoms with Crippen molar-refractivity contribution in [3.8, 4) is 0 Å². The van der Waals surface area contributed by atoms with Gasteiger partial charge in [-0.2, -0.15) is 0 Å². The van der Waals surface area contributed by atoms with Crippen LogP contribution in [0, 0.1) is 0 Å². The fourth-order valence-corrected chi connectivity index (χ4v) is 7.09. The molecule has 0 aromatic heterocycles. The van der Waals surface area contributed by atoms with Crippen molar-refractivity contribution >= 4 is 17.9 Å². The first-order valence-corrected chi connectivity index (χ1v) is 25.8. The van der Waals surface area contributed by atoms with E-state index in [4.69, 9.17) is 14.2 Å². The van der Waals surface area contributed by atoms with Crippen LogP contribution in [0.3, 0.4) is 0 Å². The summed E-state index contributed by atoms with van der Waals surface area (Å²) in [6.45, 7) is 6.48. The average Bonchev–Trinajstić information content (AvgIpc) is 3.26. The molecule has 1 atom stereocenters. The third-order valence-electron chi connectivity index (χ3n) is 11.0. The number of hydrogen-bond donors (Lipinski definition) is 0. The summed E-state index contributed by atoms with van der Waals surface area (Å²) < 4.78 is 16.8. The van der Waals surface area contributed by atoms with Crippen LogP contribution >= 0.6 is 0 Å². The lowest BCUT2D eigenvalue weighted by Gasteiger charge is -2.18. The summed E-state index contributed by atoms with van der Waals surface area (Å²) in [4.78, 5) is 38.0. The minimum absolute atomic E-state index is 0.0873. The van der Waals surface area contributed by atoms with Crippen molar-refractivity contribution in [3.05, 3.63) is 60.8 Å². The third kappa shape index (κ3) is 48.0. The molecule has 0 rings (SSSR count). The van der Waals surface area contributed by atoms with Gasteiger partial charge in [-0.25, -0.2) is 0 Å². The Bertz CT molecular complexity index is 1120. The quantitative estimate of drug-likeness (QED) is 0.0263. The number of rotatable bonds is 46. The highest BCUT2D eigenvalue weighted by Gasteiger charge is 2.19. The molecular formula is C55H96O6. The van der Waals surface area contributed by atoms with Crippen molar-refractivity contribution in [1.82, 2.24) is 0 Å². The molecule has 0 radical (unpaired) electrons. The van der Waals surface area contributed by atoms with Gasteiger partial charge in [0.15, 0.2) is 6.10 Å². The zero-order chi connectivity index (χ0) is 44.4. The number of hydrogen-bond acceptors (Lipinski definition) is 6. The molecule has 0 unspecified atom stereocenters. The van der Waals surface area contributed by atoms with Gasteiger partial charge in [0.2, 0.25) is 0 Å². The van der Waals surface area contributed by atoms with Gasteiger partial charge in [-0.05, 0) is 103 Å². The highest BCUT2D eigenvalue weighted by Crippen LogP contribution is 2.14. The minimum atomic E-state index is -0.787. The molecule has 0 bridgehead atoms. The van der Waals surface area contributed by atoms with Gasteiger partial charge in [-0.1, -0.05) is 191 Å². The Morgan fingerprint density at radius 1 is 0.344 bits per heavy atom. The smallest absolute Gasteiger partial charge is 0.306 e. The maximum absolute atomic E-state index is 12.8. The van der Waals surface area contributed by atoms with E-state index in [1.54, 1.807) is 0 Å². The zero-order valence-electron chi connectivity index (χ0n) is 40.2. The van der Waals surface area contributed by atoms with Crippen LogP contribution in [0.2, 0.25) is 0 Å². The van der Waals surface area contributed by atoms with Gasteiger partial charge in [0.25, 0.3) is 0 Å². The molecule has 0 heterocycles. The van der Waals surface area contributed by atoms with Gasteiger partial charge >= 0.3 is 17.9 Å². The predicted octanol–water partition coefficient (Wildman–Crippen LogP) is 16.9. The van der Waals surface area contributed by atoms with Crippen LogP contribution in [0.25, 0.3) is 0 Å². The number of allylic oxidation sites excluding steroid dienone is 10. The summed E-state index contributed by atoms with van der Waals surface area (Å²) in [5.41, 5.74) is 0. The zero-order valence-corrected chi connectivity index (χ0v) is 40.2. The van der Waals surface area contributed by atoms with Gasteiger partial charge in [0, 0.05) is 19.3 Å². The molecule has 0 spiro atoms. The summed E-state index contributed by atoms with van der Waals surface area (Å²) in [5, 5.41) is 0. The van der Waals surface area contributed by atoms with Gasteiger partial charge in [-0.3, -0.25) is 14.4 Å².